The van der Waals surface area contributed by atoms with E-state index in [0.717, 1.165) is 19.0 Å². The molecule has 1 saturated heterocycles. The highest BCUT2D eigenvalue weighted by Crippen LogP contribution is 2.25. The lowest BCUT2D eigenvalue weighted by atomic mass is 10.00. The van der Waals surface area contributed by atoms with Crippen LogP contribution in [0, 0.1) is 13.8 Å². The fraction of sp³-hybridized carbons (Fsp3) is 0.556. The average molecular weight is 333 g/mol. The smallest absolute Gasteiger partial charge is 0.307 e. The van der Waals surface area contributed by atoms with Gasteiger partial charge < -0.3 is 19.7 Å². The van der Waals surface area contributed by atoms with Gasteiger partial charge in [0.1, 0.15) is 6.10 Å². The van der Waals surface area contributed by atoms with Crippen LogP contribution in [0.4, 0.5) is 0 Å². The van der Waals surface area contributed by atoms with Crippen LogP contribution in [0.1, 0.15) is 29.2 Å². The summed E-state index contributed by atoms with van der Waals surface area (Å²) in [5.74, 6) is 0.560. The Bertz CT molecular complexity index is 601. The molecule has 0 bridgehead atoms. The van der Waals surface area contributed by atoms with E-state index in [2.05, 4.69) is 52.0 Å². The van der Waals surface area contributed by atoms with Gasteiger partial charge in [0, 0.05) is 20.1 Å². The molecule has 132 valence electrons. The number of benzene rings is 1. The monoisotopic (exact) mass is 333 g/mol. The molecular weight excluding hydrogens is 306 g/mol. The van der Waals surface area contributed by atoms with Crippen molar-refractivity contribution in [2.45, 2.75) is 26.4 Å². The van der Waals surface area contributed by atoms with E-state index in [9.17, 15) is 4.79 Å². The van der Waals surface area contributed by atoms with Crippen molar-refractivity contribution in [1.82, 2.24) is 10.2 Å². The number of hydrogen-bond acceptors (Lipinski definition) is 4. The Hall–Kier alpha value is -2.08. The number of guanidine groups is 1. The van der Waals surface area contributed by atoms with Crippen molar-refractivity contribution in [3.63, 3.8) is 0 Å². The molecule has 0 radical (unpaired) electrons. The number of hydrogen-bond donors (Lipinski definition) is 1. The van der Waals surface area contributed by atoms with Crippen molar-refractivity contribution in [3.8, 4) is 0 Å². The summed E-state index contributed by atoms with van der Waals surface area (Å²) >= 11 is 0. The predicted molar refractivity (Wildman–Crippen MR) is 94.2 cm³/mol. The van der Waals surface area contributed by atoms with Crippen LogP contribution in [0.25, 0.3) is 0 Å². The van der Waals surface area contributed by atoms with Gasteiger partial charge in [-0.15, -0.1) is 0 Å². The Labute approximate surface area is 143 Å². The maximum Gasteiger partial charge on any atom is 0.307 e. The summed E-state index contributed by atoms with van der Waals surface area (Å²) in [7, 11) is 3.15. The van der Waals surface area contributed by atoms with E-state index < -0.39 is 0 Å². The number of morpholine rings is 1. The van der Waals surface area contributed by atoms with Gasteiger partial charge in [-0.05, 0) is 25.0 Å². The number of methoxy groups -OCH3 is 1. The van der Waals surface area contributed by atoms with Gasteiger partial charge in [0.2, 0.25) is 0 Å². The number of aryl methyl sites for hydroxylation is 2. The van der Waals surface area contributed by atoms with E-state index in [1.165, 1.54) is 23.8 Å². The van der Waals surface area contributed by atoms with Gasteiger partial charge >= 0.3 is 5.97 Å². The molecule has 2 rings (SSSR count). The first-order valence-corrected chi connectivity index (χ1v) is 8.26. The first kappa shape index (κ1) is 18.3. The second-order valence-electron chi connectivity index (χ2n) is 5.97. The SMILES string of the molecule is CN=C(NCCC(=O)OC)N1CCOC(c2ccc(C)cc2C)C1. The number of aliphatic imine (C=N–C) groups is 1. The highest BCUT2D eigenvalue weighted by atomic mass is 16.5. The summed E-state index contributed by atoms with van der Waals surface area (Å²) in [5.41, 5.74) is 3.72. The van der Waals surface area contributed by atoms with Gasteiger partial charge in [-0.3, -0.25) is 9.79 Å². The quantitative estimate of drug-likeness (QED) is 0.517. The lowest BCUT2D eigenvalue weighted by Crippen LogP contribution is -2.48. The molecule has 6 heteroatoms. The maximum absolute atomic E-state index is 11.2. The second-order valence-corrected chi connectivity index (χ2v) is 5.97. The van der Waals surface area contributed by atoms with Crippen LogP contribution in [0.2, 0.25) is 0 Å². The Morgan fingerprint density at radius 2 is 2.25 bits per heavy atom. The summed E-state index contributed by atoms with van der Waals surface area (Å²) < 4.78 is 10.6. The number of carbonyl (C=O) groups is 1. The molecular formula is C18H27N3O3. The zero-order valence-corrected chi connectivity index (χ0v) is 15.0. The summed E-state index contributed by atoms with van der Waals surface area (Å²) in [4.78, 5) is 17.7. The van der Waals surface area contributed by atoms with E-state index >= 15 is 0 Å². The molecule has 0 saturated carbocycles. The lowest BCUT2D eigenvalue weighted by molar-refractivity contribution is -0.140. The van der Waals surface area contributed by atoms with Crippen molar-refractivity contribution in [2.75, 3.05) is 40.4 Å². The third kappa shape index (κ3) is 4.71. The van der Waals surface area contributed by atoms with Gasteiger partial charge in [-0.1, -0.05) is 23.8 Å². The molecule has 1 aromatic carbocycles. The van der Waals surface area contributed by atoms with Crippen LogP contribution in [0.5, 0.6) is 0 Å². The second kappa shape index (κ2) is 8.68. The first-order valence-electron chi connectivity index (χ1n) is 8.26. The highest BCUT2D eigenvalue weighted by molar-refractivity contribution is 5.80. The maximum atomic E-state index is 11.2. The summed E-state index contributed by atoms with van der Waals surface area (Å²) in [6.07, 6.45) is 0.346. The van der Waals surface area contributed by atoms with Gasteiger partial charge in [-0.25, -0.2) is 0 Å². The fourth-order valence-corrected chi connectivity index (χ4v) is 2.93. The number of nitrogens with one attached hydrogen (secondary N) is 1. The number of carbonyl (C=O) groups excluding carboxylic acids is 1. The molecule has 1 aliphatic heterocycles. The summed E-state index contributed by atoms with van der Waals surface area (Å²) in [5, 5.41) is 3.22. The standard InChI is InChI=1S/C18H27N3O3/c1-13-5-6-15(14(2)11-13)16-12-21(9-10-24-16)18(19-3)20-8-7-17(22)23-4/h5-6,11,16H,7-10,12H2,1-4H3,(H,19,20). The molecule has 6 nitrogen and oxygen atoms in total. The van der Waals surface area contributed by atoms with Gasteiger partial charge in [0.25, 0.3) is 0 Å². The van der Waals surface area contributed by atoms with E-state index in [4.69, 9.17) is 4.74 Å². The lowest BCUT2D eigenvalue weighted by Gasteiger charge is -2.35. The molecule has 1 N–H and O–H groups in total. The molecule has 0 spiro atoms. The molecule has 0 aliphatic carbocycles. The van der Waals surface area contributed by atoms with Crippen LogP contribution >= 0.6 is 0 Å². The minimum absolute atomic E-state index is 0.0264. The minimum Gasteiger partial charge on any atom is -0.469 e. The van der Waals surface area contributed by atoms with Crippen LogP contribution < -0.4 is 5.32 Å². The van der Waals surface area contributed by atoms with Crippen molar-refractivity contribution < 1.29 is 14.3 Å². The largest absolute Gasteiger partial charge is 0.469 e. The molecule has 1 heterocycles. The van der Waals surface area contributed by atoms with Crippen LogP contribution in [0.15, 0.2) is 23.2 Å². The molecule has 1 atom stereocenters. The average Bonchev–Trinajstić information content (AvgIpc) is 2.58. The van der Waals surface area contributed by atoms with Crippen molar-refractivity contribution in [3.05, 3.63) is 34.9 Å². The van der Waals surface area contributed by atoms with E-state index in [1.54, 1.807) is 7.05 Å². The van der Waals surface area contributed by atoms with Gasteiger partial charge in [-0.2, -0.15) is 0 Å². The third-order valence-corrected chi connectivity index (χ3v) is 4.19. The van der Waals surface area contributed by atoms with Crippen LogP contribution in [-0.2, 0) is 14.3 Å². The topological polar surface area (TPSA) is 63.2 Å². The molecule has 1 aromatic rings. The molecule has 0 amide bonds. The van der Waals surface area contributed by atoms with Crippen LogP contribution in [-0.4, -0.2) is 57.2 Å². The van der Waals surface area contributed by atoms with Crippen molar-refractivity contribution in [2.24, 2.45) is 4.99 Å². The number of ether oxygens (including phenoxy) is 2. The normalized spacial score (nSPS) is 18.4. The van der Waals surface area contributed by atoms with Crippen molar-refractivity contribution >= 4 is 11.9 Å². The van der Waals surface area contributed by atoms with Gasteiger partial charge in [0.05, 0.1) is 26.7 Å². The van der Waals surface area contributed by atoms with E-state index in [1.807, 2.05) is 0 Å². The Balaban J connectivity index is 1.99. The third-order valence-electron chi connectivity index (χ3n) is 4.19. The Morgan fingerprint density at radius 3 is 2.92 bits per heavy atom. The summed E-state index contributed by atoms with van der Waals surface area (Å²) in [6.45, 7) is 6.88. The molecule has 1 aliphatic rings. The number of esters is 1. The molecule has 24 heavy (non-hydrogen) atoms. The number of rotatable bonds is 4. The zero-order valence-electron chi connectivity index (χ0n) is 15.0. The zero-order chi connectivity index (χ0) is 17.5. The molecule has 1 fully saturated rings. The van der Waals surface area contributed by atoms with E-state index in [-0.39, 0.29) is 12.1 Å². The van der Waals surface area contributed by atoms with Crippen LogP contribution in [0.3, 0.4) is 0 Å². The summed E-state index contributed by atoms with van der Waals surface area (Å²) in [6, 6.07) is 6.45. The van der Waals surface area contributed by atoms with Crippen molar-refractivity contribution in [1.29, 1.82) is 0 Å². The minimum atomic E-state index is -0.229. The predicted octanol–water partition coefficient (Wildman–Crippen LogP) is 1.82. The fourth-order valence-electron chi connectivity index (χ4n) is 2.93. The Morgan fingerprint density at radius 1 is 1.46 bits per heavy atom. The van der Waals surface area contributed by atoms with Gasteiger partial charge in [0.15, 0.2) is 5.96 Å². The molecule has 0 aromatic heterocycles. The Kier molecular flexibility index (Phi) is 6.61. The highest BCUT2D eigenvalue weighted by Gasteiger charge is 2.25. The first-order chi connectivity index (χ1) is 11.5. The van der Waals surface area contributed by atoms with E-state index in [0.29, 0.717) is 19.6 Å². The number of nitrogens with zero attached hydrogens (tertiary/aromatic N) is 2. The molecule has 1 unspecified atom stereocenters.